The molecular weight excluding hydrogens is 348 g/mol. The van der Waals surface area contributed by atoms with Gasteiger partial charge >= 0.3 is 0 Å². The van der Waals surface area contributed by atoms with Crippen molar-refractivity contribution in [2.75, 3.05) is 10.6 Å². The summed E-state index contributed by atoms with van der Waals surface area (Å²) in [7, 11) is 0. The summed E-state index contributed by atoms with van der Waals surface area (Å²) in [6.07, 6.45) is 0. The van der Waals surface area contributed by atoms with Gasteiger partial charge in [-0.2, -0.15) is 0 Å². The number of nitrogens with zero attached hydrogens (tertiary/aromatic N) is 2. The van der Waals surface area contributed by atoms with E-state index in [-0.39, 0.29) is 11.6 Å². The molecule has 0 radical (unpaired) electrons. The summed E-state index contributed by atoms with van der Waals surface area (Å²) in [5.41, 5.74) is 4.53. The quantitative estimate of drug-likeness (QED) is 0.678. The maximum absolute atomic E-state index is 12.6. The fraction of sp³-hybridized carbons (Fsp3) is 0.150. The molecule has 0 atom stereocenters. The molecule has 6 heteroatoms. The first-order chi connectivity index (χ1) is 12.4. The number of anilines is 3. The third kappa shape index (κ3) is 4.18. The van der Waals surface area contributed by atoms with E-state index < -0.39 is 0 Å². The Bertz CT molecular complexity index is 972. The number of aromatic nitrogens is 2. The largest absolute Gasteiger partial charge is 0.324 e. The molecule has 3 rings (SSSR count). The van der Waals surface area contributed by atoms with Crippen molar-refractivity contribution in [3.63, 3.8) is 0 Å². The molecule has 26 heavy (non-hydrogen) atoms. The van der Waals surface area contributed by atoms with Gasteiger partial charge in [-0.3, -0.25) is 4.79 Å². The highest BCUT2D eigenvalue weighted by molar-refractivity contribution is 6.31. The smallest absolute Gasteiger partial charge is 0.274 e. The Hall–Kier alpha value is -2.92. The second-order valence-corrected chi connectivity index (χ2v) is 6.51. The summed E-state index contributed by atoms with van der Waals surface area (Å²) in [5.74, 6) is 0.0703. The Kier molecular flexibility index (Phi) is 5.19. The van der Waals surface area contributed by atoms with E-state index in [4.69, 9.17) is 11.6 Å². The lowest BCUT2D eigenvalue weighted by atomic mass is 10.2. The van der Waals surface area contributed by atoms with Crippen LogP contribution in [0.15, 0.2) is 48.5 Å². The van der Waals surface area contributed by atoms with Crippen LogP contribution in [0.3, 0.4) is 0 Å². The van der Waals surface area contributed by atoms with Crippen molar-refractivity contribution < 1.29 is 4.79 Å². The Morgan fingerprint density at radius 1 is 0.923 bits per heavy atom. The molecule has 0 fully saturated rings. The van der Waals surface area contributed by atoms with E-state index >= 15 is 0 Å². The molecule has 0 aliphatic heterocycles. The first-order valence-corrected chi connectivity index (χ1v) is 8.56. The number of rotatable bonds is 4. The summed E-state index contributed by atoms with van der Waals surface area (Å²) >= 11 is 6.01. The molecule has 0 saturated carbocycles. The number of carbonyl (C=O) groups is 1. The van der Waals surface area contributed by atoms with Gasteiger partial charge in [0, 0.05) is 22.1 Å². The summed E-state index contributed by atoms with van der Waals surface area (Å²) < 4.78 is 0. The van der Waals surface area contributed by atoms with Gasteiger partial charge in [0.2, 0.25) is 5.95 Å². The maximum Gasteiger partial charge on any atom is 0.274 e. The zero-order valence-corrected chi connectivity index (χ0v) is 15.6. The topological polar surface area (TPSA) is 66.9 Å². The van der Waals surface area contributed by atoms with Crippen LogP contribution >= 0.6 is 11.6 Å². The Morgan fingerprint density at radius 3 is 2.42 bits per heavy atom. The highest BCUT2D eigenvalue weighted by Gasteiger charge is 2.13. The minimum Gasteiger partial charge on any atom is -0.324 e. The Morgan fingerprint density at radius 2 is 1.65 bits per heavy atom. The van der Waals surface area contributed by atoms with E-state index in [1.807, 2.05) is 51.1 Å². The Balaban J connectivity index is 1.86. The maximum atomic E-state index is 12.6. The predicted molar refractivity (Wildman–Crippen MR) is 105 cm³/mol. The first-order valence-electron chi connectivity index (χ1n) is 8.18. The molecule has 132 valence electrons. The first kappa shape index (κ1) is 17.9. The van der Waals surface area contributed by atoms with Crippen molar-refractivity contribution in [1.82, 2.24) is 9.97 Å². The molecule has 0 aliphatic rings. The normalized spacial score (nSPS) is 10.5. The molecule has 0 saturated heterocycles. The lowest BCUT2D eigenvalue weighted by molar-refractivity contribution is 0.102. The van der Waals surface area contributed by atoms with Gasteiger partial charge in [0.1, 0.15) is 5.69 Å². The second-order valence-electron chi connectivity index (χ2n) is 6.07. The third-order valence-electron chi connectivity index (χ3n) is 3.93. The molecule has 0 bridgehead atoms. The van der Waals surface area contributed by atoms with E-state index in [2.05, 4.69) is 20.6 Å². The molecule has 1 amide bonds. The fourth-order valence-corrected chi connectivity index (χ4v) is 2.66. The molecule has 5 nitrogen and oxygen atoms in total. The zero-order valence-electron chi connectivity index (χ0n) is 14.8. The van der Waals surface area contributed by atoms with Gasteiger partial charge in [-0.1, -0.05) is 35.9 Å². The third-order valence-corrected chi connectivity index (χ3v) is 4.16. The predicted octanol–water partition coefficient (Wildman–Crippen LogP) is 5.05. The molecule has 1 aromatic heterocycles. The average molecular weight is 367 g/mol. The minimum absolute atomic E-state index is 0.285. The summed E-state index contributed by atoms with van der Waals surface area (Å²) in [6.45, 7) is 5.72. The van der Waals surface area contributed by atoms with Gasteiger partial charge in [0.25, 0.3) is 5.91 Å². The highest BCUT2D eigenvalue weighted by atomic mass is 35.5. The van der Waals surface area contributed by atoms with Crippen LogP contribution in [0.5, 0.6) is 0 Å². The van der Waals surface area contributed by atoms with E-state index in [0.29, 0.717) is 22.4 Å². The lowest BCUT2D eigenvalue weighted by Crippen LogP contribution is -2.16. The van der Waals surface area contributed by atoms with Crippen LogP contribution < -0.4 is 10.6 Å². The monoisotopic (exact) mass is 366 g/mol. The molecule has 3 aromatic rings. The van der Waals surface area contributed by atoms with Gasteiger partial charge in [0.05, 0.1) is 0 Å². The number of para-hydroxylation sites is 1. The van der Waals surface area contributed by atoms with Crippen LogP contribution in [-0.2, 0) is 0 Å². The number of nitrogens with one attached hydrogen (secondary N) is 2. The standard InChI is InChI=1S/C20H19ClN4O/c1-12-6-4-5-7-16(12)24-20-22-14(3)10-18(25-20)19(26)23-17-11-15(21)9-8-13(17)2/h4-11H,1-3H3,(H,23,26)(H,22,24,25). The van der Waals surface area contributed by atoms with Crippen molar-refractivity contribution in [2.24, 2.45) is 0 Å². The number of hydrogen-bond acceptors (Lipinski definition) is 4. The SMILES string of the molecule is Cc1cc(C(=O)Nc2cc(Cl)ccc2C)nc(Nc2ccccc2C)n1. The average Bonchev–Trinajstić information content (AvgIpc) is 2.59. The van der Waals surface area contributed by atoms with Crippen LogP contribution in [-0.4, -0.2) is 15.9 Å². The molecule has 2 N–H and O–H groups in total. The molecule has 1 heterocycles. The molecule has 0 unspecified atom stereocenters. The summed E-state index contributed by atoms with van der Waals surface area (Å²) in [4.78, 5) is 21.3. The minimum atomic E-state index is -0.311. The Labute approximate surface area is 157 Å². The van der Waals surface area contributed by atoms with E-state index in [9.17, 15) is 4.79 Å². The number of amides is 1. The number of carbonyl (C=O) groups excluding carboxylic acids is 1. The highest BCUT2D eigenvalue weighted by Crippen LogP contribution is 2.22. The van der Waals surface area contributed by atoms with Gasteiger partial charge in [0.15, 0.2) is 0 Å². The van der Waals surface area contributed by atoms with E-state index in [1.165, 1.54) is 0 Å². The number of aryl methyl sites for hydroxylation is 3. The summed E-state index contributed by atoms with van der Waals surface area (Å²) in [5, 5.41) is 6.59. The van der Waals surface area contributed by atoms with Crippen LogP contribution in [0.25, 0.3) is 0 Å². The van der Waals surface area contributed by atoms with Crippen molar-refractivity contribution in [3.8, 4) is 0 Å². The fourth-order valence-electron chi connectivity index (χ4n) is 2.49. The van der Waals surface area contributed by atoms with Crippen LogP contribution in [0.4, 0.5) is 17.3 Å². The number of hydrogen-bond donors (Lipinski definition) is 2. The van der Waals surface area contributed by atoms with Gasteiger partial charge < -0.3 is 10.6 Å². The molecular formula is C20H19ClN4O. The zero-order chi connectivity index (χ0) is 18.7. The van der Waals surface area contributed by atoms with Crippen LogP contribution in [0.1, 0.15) is 27.3 Å². The second kappa shape index (κ2) is 7.54. The van der Waals surface area contributed by atoms with Crippen molar-refractivity contribution in [2.45, 2.75) is 20.8 Å². The van der Waals surface area contributed by atoms with Crippen molar-refractivity contribution in [1.29, 1.82) is 0 Å². The van der Waals surface area contributed by atoms with Crippen molar-refractivity contribution in [3.05, 3.63) is 76.1 Å². The van der Waals surface area contributed by atoms with Crippen molar-refractivity contribution >= 4 is 34.8 Å². The van der Waals surface area contributed by atoms with Gasteiger partial charge in [-0.15, -0.1) is 0 Å². The van der Waals surface area contributed by atoms with Crippen LogP contribution in [0.2, 0.25) is 5.02 Å². The van der Waals surface area contributed by atoms with Gasteiger partial charge in [-0.05, 0) is 56.2 Å². The van der Waals surface area contributed by atoms with E-state index in [1.54, 1.807) is 18.2 Å². The molecule has 0 aliphatic carbocycles. The summed E-state index contributed by atoms with van der Waals surface area (Å²) in [6, 6.07) is 14.8. The molecule has 2 aromatic carbocycles. The number of halogens is 1. The number of benzene rings is 2. The lowest BCUT2D eigenvalue weighted by Gasteiger charge is -2.11. The van der Waals surface area contributed by atoms with Gasteiger partial charge in [-0.25, -0.2) is 9.97 Å². The van der Waals surface area contributed by atoms with E-state index in [0.717, 1.165) is 16.8 Å². The molecule has 0 spiro atoms. The van der Waals surface area contributed by atoms with Crippen LogP contribution in [0, 0.1) is 20.8 Å².